The molecule has 1 spiro atoms. The standard InChI is InChI=1S/C35H33ClF2N2O3/c1-33(2,3)43-32(41)40-13-7-10-27(40)35(22-8-5-4-6-9-22)18-24-26(42-35)15-25(37)30(36)29(24)28-21(19-39)14-20-16-34(11-12-34)17-23(20)31(28)38/h4-6,8-9,14-15,27H,7,10-13,16-18H2,1-3H3/t27-,35-/m0/s1. The molecule has 2 heterocycles. The molecule has 222 valence electrons. The summed E-state index contributed by atoms with van der Waals surface area (Å²) in [5.41, 5.74) is 1.40. The molecule has 3 aromatic carbocycles. The van der Waals surface area contributed by atoms with E-state index in [2.05, 4.69) is 6.07 Å². The third kappa shape index (κ3) is 4.49. The van der Waals surface area contributed by atoms with Gasteiger partial charge in [0.25, 0.3) is 0 Å². The zero-order valence-corrected chi connectivity index (χ0v) is 25.3. The normalized spacial score (nSPS) is 23.1. The van der Waals surface area contributed by atoms with Crippen molar-refractivity contribution < 1.29 is 23.0 Å². The second-order valence-electron chi connectivity index (χ2n) is 13.6. The van der Waals surface area contributed by atoms with Crippen LogP contribution in [0, 0.1) is 28.4 Å². The molecule has 2 atom stereocenters. The summed E-state index contributed by atoms with van der Waals surface area (Å²) < 4.78 is 44.7. The van der Waals surface area contributed by atoms with Crippen LogP contribution in [0.25, 0.3) is 11.1 Å². The minimum Gasteiger partial charge on any atom is -0.480 e. The van der Waals surface area contributed by atoms with E-state index in [1.165, 1.54) is 6.07 Å². The predicted molar refractivity (Wildman–Crippen MR) is 159 cm³/mol. The summed E-state index contributed by atoms with van der Waals surface area (Å²) in [4.78, 5) is 15.1. The fourth-order valence-electron chi connectivity index (χ4n) is 7.51. The Kier molecular flexibility index (Phi) is 6.34. The summed E-state index contributed by atoms with van der Waals surface area (Å²) >= 11 is 6.69. The molecule has 8 heteroatoms. The highest BCUT2D eigenvalue weighted by Gasteiger charge is 2.55. The molecular formula is C35H33ClF2N2O3. The lowest BCUT2D eigenvalue weighted by molar-refractivity contribution is -0.0216. The van der Waals surface area contributed by atoms with Crippen LogP contribution in [0.15, 0.2) is 42.5 Å². The highest BCUT2D eigenvalue weighted by Crippen LogP contribution is 2.58. The maximum absolute atomic E-state index is 16.6. The smallest absolute Gasteiger partial charge is 0.410 e. The van der Waals surface area contributed by atoms with Gasteiger partial charge in [-0.3, -0.25) is 0 Å². The van der Waals surface area contributed by atoms with Gasteiger partial charge in [-0.15, -0.1) is 0 Å². The third-order valence-corrected chi connectivity index (χ3v) is 9.97. The monoisotopic (exact) mass is 602 g/mol. The molecule has 3 aromatic rings. The van der Waals surface area contributed by atoms with Gasteiger partial charge < -0.3 is 14.4 Å². The number of hydrogen-bond acceptors (Lipinski definition) is 4. The second-order valence-corrected chi connectivity index (χ2v) is 14.0. The zero-order valence-electron chi connectivity index (χ0n) is 24.5. The lowest BCUT2D eigenvalue weighted by Gasteiger charge is -2.40. The molecule has 2 aliphatic heterocycles. The van der Waals surface area contributed by atoms with E-state index in [9.17, 15) is 10.1 Å². The van der Waals surface area contributed by atoms with Crippen LogP contribution >= 0.6 is 11.6 Å². The lowest BCUT2D eigenvalue weighted by Crippen LogP contribution is -2.53. The summed E-state index contributed by atoms with van der Waals surface area (Å²) in [6.45, 7) is 5.95. The maximum Gasteiger partial charge on any atom is 0.410 e. The van der Waals surface area contributed by atoms with Crippen molar-refractivity contribution in [2.45, 2.75) is 83.0 Å². The van der Waals surface area contributed by atoms with E-state index in [-0.39, 0.29) is 39.3 Å². The van der Waals surface area contributed by atoms with Gasteiger partial charge in [0.05, 0.1) is 22.7 Å². The number of carbonyl (C=O) groups is 1. The summed E-state index contributed by atoms with van der Waals surface area (Å²) in [6, 6.07) is 14.3. The van der Waals surface area contributed by atoms with Crippen molar-refractivity contribution >= 4 is 17.7 Å². The summed E-state index contributed by atoms with van der Waals surface area (Å²) in [7, 11) is 0. The summed E-state index contributed by atoms with van der Waals surface area (Å²) in [5.74, 6) is -1.02. The Morgan fingerprint density at radius 2 is 1.84 bits per heavy atom. The molecule has 0 bridgehead atoms. The van der Waals surface area contributed by atoms with Crippen molar-refractivity contribution in [3.05, 3.63) is 86.9 Å². The van der Waals surface area contributed by atoms with E-state index < -0.39 is 35.0 Å². The van der Waals surface area contributed by atoms with Gasteiger partial charge >= 0.3 is 6.09 Å². The molecule has 0 radical (unpaired) electrons. The van der Waals surface area contributed by atoms with Crippen molar-refractivity contribution in [1.29, 1.82) is 5.26 Å². The van der Waals surface area contributed by atoms with Crippen LogP contribution in [-0.2, 0) is 29.6 Å². The van der Waals surface area contributed by atoms with Gasteiger partial charge in [0.1, 0.15) is 23.0 Å². The van der Waals surface area contributed by atoms with Crippen LogP contribution in [-0.4, -0.2) is 29.2 Å². The largest absolute Gasteiger partial charge is 0.480 e. The van der Waals surface area contributed by atoms with Crippen molar-refractivity contribution in [3.63, 3.8) is 0 Å². The Bertz CT molecular complexity index is 1710. The molecule has 7 rings (SSSR count). The van der Waals surface area contributed by atoms with Crippen molar-refractivity contribution in [2.75, 3.05) is 6.54 Å². The van der Waals surface area contributed by atoms with E-state index in [0.29, 0.717) is 30.5 Å². The number of fused-ring (bicyclic) bond motifs is 2. The first kappa shape index (κ1) is 28.2. The topological polar surface area (TPSA) is 62.6 Å². The van der Waals surface area contributed by atoms with Gasteiger partial charge in [-0.05, 0) is 87.5 Å². The molecule has 0 N–H and O–H groups in total. The Hall–Kier alpha value is -3.63. The van der Waals surface area contributed by atoms with Crippen LogP contribution in [0.3, 0.4) is 0 Å². The fourth-order valence-corrected chi connectivity index (χ4v) is 7.77. The molecule has 1 amide bonds. The summed E-state index contributed by atoms with van der Waals surface area (Å²) in [6.07, 6.45) is 4.57. The number of likely N-dealkylation sites (tertiary alicyclic amines) is 1. The van der Waals surface area contributed by atoms with Gasteiger partial charge in [0.2, 0.25) is 0 Å². The van der Waals surface area contributed by atoms with Crippen LogP contribution in [0.1, 0.15) is 74.3 Å². The number of nitriles is 1. The summed E-state index contributed by atoms with van der Waals surface area (Å²) in [5, 5.41) is 9.95. The Balaban J connectivity index is 1.39. The average molecular weight is 603 g/mol. The van der Waals surface area contributed by atoms with Crippen LogP contribution in [0.5, 0.6) is 5.75 Å². The average Bonchev–Trinajstić information content (AvgIpc) is 3.29. The van der Waals surface area contributed by atoms with E-state index >= 15 is 8.78 Å². The Morgan fingerprint density at radius 1 is 1.09 bits per heavy atom. The number of amides is 1. The number of carbonyl (C=O) groups excluding carboxylic acids is 1. The minimum atomic E-state index is -1.11. The quantitative estimate of drug-likeness (QED) is 0.303. The van der Waals surface area contributed by atoms with E-state index in [1.807, 2.05) is 51.1 Å². The molecule has 2 aliphatic carbocycles. The first-order chi connectivity index (χ1) is 20.5. The predicted octanol–water partition coefficient (Wildman–Crippen LogP) is 8.27. The Labute approximate surface area is 255 Å². The van der Waals surface area contributed by atoms with E-state index in [1.54, 1.807) is 11.0 Å². The van der Waals surface area contributed by atoms with Crippen LogP contribution < -0.4 is 4.74 Å². The van der Waals surface area contributed by atoms with Crippen molar-refractivity contribution in [1.82, 2.24) is 4.90 Å². The van der Waals surface area contributed by atoms with Crippen LogP contribution in [0.2, 0.25) is 5.02 Å². The second kappa shape index (κ2) is 9.69. The number of halogens is 3. The SMILES string of the molecule is CC(C)(C)OC(=O)N1CCC[C@H]1[C@@]1(c2ccccc2)Cc2c(cc(F)c(Cl)c2-c2c(C#N)cc3c(c2F)CC2(CC2)C3)O1. The van der Waals surface area contributed by atoms with Gasteiger partial charge in [-0.25, -0.2) is 13.6 Å². The molecule has 5 nitrogen and oxygen atoms in total. The lowest BCUT2D eigenvalue weighted by atomic mass is 9.79. The fraction of sp³-hybridized carbons (Fsp3) is 0.429. The first-order valence-corrected chi connectivity index (χ1v) is 15.3. The minimum absolute atomic E-state index is 0.0302. The molecule has 0 aromatic heterocycles. The first-order valence-electron chi connectivity index (χ1n) is 14.9. The molecule has 43 heavy (non-hydrogen) atoms. The highest BCUT2D eigenvalue weighted by atomic mass is 35.5. The Morgan fingerprint density at radius 3 is 2.51 bits per heavy atom. The highest BCUT2D eigenvalue weighted by molar-refractivity contribution is 6.34. The van der Waals surface area contributed by atoms with E-state index in [0.717, 1.165) is 36.8 Å². The molecule has 1 saturated carbocycles. The van der Waals surface area contributed by atoms with Crippen molar-refractivity contribution in [3.8, 4) is 22.9 Å². The van der Waals surface area contributed by atoms with E-state index in [4.69, 9.17) is 21.1 Å². The van der Waals surface area contributed by atoms with Gasteiger partial charge in [-0.1, -0.05) is 41.9 Å². The van der Waals surface area contributed by atoms with Crippen LogP contribution in [0.4, 0.5) is 13.6 Å². The maximum atomic E-state index is 16.6. The molecular weight excluding hydrogens is 570 g/mol. The number of rotatable bonds is 3. The van der Waals surface area contributed by atoms with Gasteiger partial charge in [0, 0.05) is 35.7 Å². The molecule has 2 fully saturated rings. The van der Waals surface area contributed by atoms with Gasteiger partial charge in [0.15, 0.2) is 5.60 Å². The number of benzene rings is 3. The van der Waals surface area contributed by atoms with Crippen molar-refractivity contribution in [2.24, 2.45) is 5.41 Å². The number of ether oxygens (including phenoxy) is 2. The molecule has 0 unspecified atom stereocenters. The molecule has 4 aliphatic rings. The zero-order chi connectivity index (χ0) is 30.3. The number of nitrogens with zero attached hydrogens (tertiary/aromatic N) is 2. The van der Waals surface area contributed by atoms with Gasteiger partial charge in [-0.2, -0.15) is 5.26 Å². The number of hydrogen-bond donors (Lipinski definition) is 0. The third-order valence-electron chi connectivity index (χ3n) is 9.60. The molecule has 1 saturated heterocycles.